The second kappa shape index (κ2) is 7.85. The average Bonchev–Trinajstić information content (AvgIpc) is 3.21. The van der Waals surface area contributed by atoms with E-state index in [-0.39, 0.29) is 11.8 Å². The van der Waals surface area contributed by atoms with Crippen LogP contribution < -0.4 is 5.32 Å². The summed E-state index contributed by atoms with van der Waals surface area (Å²) in [4.78, 5) is 28.0. The van der Waals surface area contributed by atoms with Crippen molar-refractivity contribution in [3.8, 4) is 0 Å². The summed E-state index contributed by atoms with van der Waals surface area (Å²) in [5, 5.41) is 5.14. The summed E-state index contributed by atoms with van der Waals surface area (Å²) in [6.45, 7) is 4.83. The van der Waals surface area contributed by atoms with E-state index in [0.29, 0.717) is 30.8 Å². The number of thiophene rings is 1. The minimum absolute atomic E-state index is 0.249. The number of carbonyl (C=O) groups is 2. The number of rotatable bonds is 7. The molecule has 0 aliphatic carbocycles. The van der Waals surface area contributed by atoms with Crippen molar-refractivity contribution in [1.82, 2.24) is 4.90 Å². The number of methoxy groups -OCH3 is 1. The maximum Gasteiger partial charge on any atom is 0.278 e. The number of aryl methyl sites for hydroxylation is 2. The minimum Gasteiger partial charge on any atom is -0.385 e. The Labute approximate surface area is 157 Å². The lowest BCUT2D eigenvalue weighted by molar-refractivity contribution is -0.136. The Bertz CT molecular complexity index is 856. The fraction of sp³-hybridized carbons (Fsp3) is 0.300. The van der Waals surface area contributed by atoms with Gasteiger partial charge in [0.15, 0.2) is 0 Å². The molecule has 136 valence electrons. The number of anilines is 1. The molecule has 2 heterocycles. The van der Waals surface area contributed by atoms with Gasteiger partial charge in [0, 0.05) is 30.8 Å². The number of nitrogens with zero attached hydrogens (tertiary/aromatic N) is 1. The normalized spacial score (nSPS) is 14.5. The quantitative estimate of drug-likeness (QED) is 0.598. The van der Waals surface area contributed by atoms with E-state index >= 15 is 0 Å². The lowest BCUT2D eigenvalue weighted by atomic mass is 10.1. The molecule has 1 aromatic heterocycles. The van der Waals surface area contributed by atoms with Crippen molar-refractivity contribution < 1.29 is 14.3 Å². The highest BCUT2D eigenvalue weighted by Gasteiger charge is 2.39. The molecule has 0 atom stereocenters. The Kier molecular flexibility index (Phi) is 5.54. The van der Waals surface area contributed by atoms with Crippen molar-refractivity contribution in [3.05, 3.63) is 57.4 Å². The molecule has 2 aromatic rings. The largest absolute Gasteiger partial charge is 0.385 e. The molecule has 0 radical (unpaired) electrons. The number of carbonyl (C=O) groups excluding carboxylic acids is 2. The third-order valence-corrected chi connectivity index (χ3v) is 5.21. The molecule has 0 saturated carbocycles. The van der Waals surface area contributed by atoms with Gasteiger partial charge in [0.25, 0.3) is 11.8 Å². The van der Waals surface area contributed by atoms with Crippen LogP contribution in [0.15, 0.2) is 41.4 Å². The summed E-state index contributed by atoms with van der Waals surface area (Å²) in [5.74, 6) is -0.531. The Morgan fingerprint density at radius 3 is 2.65 bits per heavy atom. The summed E-state index contributed by atoms with van der Waals surface area (Å²) in [6, 6.07) is 9.76. The summed E-state index contributed by atoms with van der Waals surface area (Å²) < 4.78 is 5.05. The van der Waals surface area contributed by atoms with Crippen molar-refractivity contribution >= 4 is 34.4 Å². The van der Waals surface area contributed by atoms with Gasteiger partial charge < -0.3 is 10.1 Å². The van der Waals surface area contributed by atoms with E-state index in [2.05, 4.69) is 5.32 Å². The lowest BCUT2D eigenvalue weighted by Gasteiger charge is -2.15. The van der Waals surface area contributed by atoms with Crippen LogP contribution in [0.1, 0.15) is 22.4 Å². The number of hydrogen-bond donors (Lipinski definition) is 1. The third-order valence-electron chi connectivity index (χ3n) is 4.32. The van der Waals surface area contributed by atoms with E-state index < -0.39 is 0 Å². The monoisotopic (exact) mass is 370 g/mol. The van der Waals surface area contributed by atoms with Crippen LogP contribution >= 0.6 is 11.3 Å². The van der Waals surface area contributed by atoms with Crippen molar-refractivity contribution in [1.29, 1.82) is 0 Å². The zero-order valence-corrected chi connectivity index (χ0v) is 16.0. The molecular weight excluding hydrogens is 348 g/mol. The second-order valence-electron chi connectivity index (χ2n) is 6.28. The highest BCUT2D eigenvalue weighted by molar-refractivity contribution is 7.11. The Balaban J connectivity index is 1.98. The second-order valence-corrected chi connectivity index (χ2v) is 7.23. The van der Waals surface area contributed by atoms with Gasteiger partial charge in [0.05, 0.1) is 5.57 Å². The lowest BCUT2D eigenvalue weighted by Crippen LogP contribution is -2.33. The number of imide groups is 1. The molecule has 5 nitrogen and oxygen atoms in total. The maximum atomic E-state index is 13.0. The average molecular weight is 370 g/mol. The van der Waals surface area contributed by atoms with Crippen molar-refractivity contribution in [2.75, 3.05) is 25.6 Å². The van der Waals surface area contributed by atoms with Crippen molar-refractivity contribution in [2.24, 2.45) is 0 Å². The first-order valence-corrected chi connectivity index (χ1v) is 9.38. The number of benzene rings is 1. The SMILES string of the molecule is COCCCN1C(=O)C(Nc2cc(C)ccc2C)=C(c2cccs2)C1=O. The molecule has 0 fully saturated rings. The Morgan fingerprint density at radius 2 is 1.96 bits per heavy atom. The van der Waals surface area contributed by atoms with Crippen LogP contribution in [0.3, 0.4) is 0 Å². The van der Waals surface area contributed by atoms with Gasteiger partial charge in [-0.2, -0.15) is 0 Å². The first-order chi connectivity index (χ1) is 12.5. The molecule has 1 aromatic carbocycles. The zero-order valence-electron chi connectivity index (χ0n) is 15.2. The van der Waals surface area contributed by atoms with Crippen LogP contribution in [0.5, 0.6) is 0 Å². The predicted octanol–water partition coefficient (Wildman–Crippen LogP) is 3.59. The van der Waals surface area contributed by atoms with Gasteiger partial charge in [-0.05, 0) is 48.9 Å². The molecular formula is C20H22N2O3S. The number of amides is 2. The molecule has 0 spiro atoms. The van der Waals surface area contributed by atoms with Gasteiger partial charge >= 0.3 is 0 Å². The van der Waals surface area contributed by atoms with Crippen molar-refractivity contribution in [3.63, 3.8) is 0 Å². The highest BCUT2D eigenvalue weighted by Crippen LogP contribution is 2.33. The summed E-state index contributed by atoms with van der Waals surface area (Å²) in [6.07, 6.45) is 0.614. The van der Waals surface area contributed by atoms with Gasteiger partial charge in [-0.1, -0.05) is 18.2 Å². The Morgan fingerprint density at radius 1 is 1.15 bits per heavy atom. The van der Waals surface area contributed by atoms with Crippen LogP contribution in [0.25, 0.3) is 5.57 Å². The van der Waals surface area contributed by atoms with Gasteiger partial charge in [-0.15, -0.1) is 11.3 Å². The molecule has 0 unspecified atom stereocenters. The number of ether oxygens (including phenoxy) is 1. The fourth-order valence-electron chi connectivity index (χ4n) is 2.92. The van der Waals surface area contributed by atoms with Crippen LogP contribution in [0.4, 0.5) is 5.69 Å². The van der Waals surface area contributed by atoms with Crippen LogP contribution in [-0.4, -0.2) is 37.0 Å². The molecule has 1 N–H and O–H groups in total. The van der Waals surface area contributed by atoms with Gasteiger partial charge in [-0.25, -0.2) is 0 Å². The van der Waals surface area contributed by atoms with E-state index in [1.54, 1.807) is 7.11 Å². The molecule has 3 rings (SSSR count). The molecule has 2 amide bonds. The fourth-order valence-corrected chi connectivity index (χ4v) is 3.68. The van der Waals surface area contributed by atoms with Crippen LogP contribution in [-0.2, 0) is 14.3 Å². The van der Waals surface area contributed by atoms with Crippen LogP contribution in [0, 0.1) is 13.8 Å². The molecule has 1 aliphatic rings. The van der Waals surface area contributed by atoms with Gasteiger partial charge in [-0.3, -0.25) is 14.5 Å². The molecule has 0 saturated heterocycles. The Hall–Kier alpha value is -2.44. The van der Waals surface area contributed by atoms with E-state index in [0.717, 1.165) is 21.7 Å². The standard InChI is InChI=1S/C20H22N2O3S/c1-13-7-8-14(2)15(12-13)21-18-17(16-6-4-11-26-16)19(23)22(20(18)24)9-5-10-25-3/h4,6-8,11-12,21H,5,9-10H2,1-3H3. The van der Waals surface area contributed by atoms with E-state index in [9.17, 15) is 9.59 Å². The first kappa shape index (κ1) is 18.4. The van der Waals surface area contributed by atoms with Crippen molar-refractivity contribution in [2.45, 2.75) is 20.3 Å². The number of hydrogen-bond acceptors (Lipinski definition) is 5. The van der Waals surface area contributed by atoms with E-state index in [1.165, 1.54) is 16.2 Å². The third kappa shape index (κ3) is 3.57. The highest BCUT2D eigenvalue weighted by atomic mass is 32.1. The van der Waals surface area contributed by atoms with Gasteiger partial charge in [0.1, 0.15) is 5.70 Å². The molecule has 1 aliphatic heterocycles. The summed E-state index contributed by atoms with van der Waals surface area (Å²) >= 11 is 1.46. The molecule has 0 bridgehead atoms. The zero-order chi connectivity index (χ0) is 18.7. The molecule has 26 heavy (non-hydrogen) atoms. The predicted molar refractivity (Wildman–Crippen MR) is 104 cm³/mol. The number of nitrogens with one attached hydrogen (secondary N) is 1. The van der Waals surface area contributed by atoms with Crippen LogP contribution in [0.2, 0.25) is 0 Å². The minimum atomic E-state index is -0.282. The smallest absolute Gasteiger partial charge is 0.278 e. The van der Waals surface area contributed by atoms with E-state index in [1.807, 2.05) is 49.6 Å². The maximum absolute atomic E-state index is 13.0. The topological polar surface area (TPSA) is 58.6 Å². The van der Waals surface area contributed by atoms with Gasteiger partial charge in [0.2, 0.25) is 0 Å². The first-order valence-electron chi connectivity index (χ1n) is 8.50. The van der Waals surface area contributed by atoms with E-state index in [4.69, 9.17) is 4.74 Å². The summed E-state index contributed by atoms with van der Waals surface area (Å²) in [5.41, 5.74) is 3.75. The molecule has 6 heteroatoms. The summed E-state index contributed by atoms with van der Waals surface area (Å²) in [7, 11) is 1.61.